The summed E-state index contributed by atoms with van der Waals surface area (Å²) in [6.45, 7) is 18.1. The minimum Gasteiger partial charge on any atom is -0.508 e. The average molecular weight is 949 g/mol. The van der Waals surface area contributed by atoms with Gasteiger partial charge in [0.05, 0.1) is 27.9 Å². The van der Waals surface area contributed by atoms with Crippen molar-refractivity contribution in [3.63, 3.8) is 0 Å². The lowest BCUT2D eigenvalue weighted by Crippen LogP contribution is -2.49. The van der Waals surface area contributed by atoms with Crippen molar-refractivity contribution in [2.75, 3.05) is 64.3 Å². The Morgan fingerprint density at radius 2 is 1.63 bits per heavy atom. The van der Waals surface area contributed by atoms with Crippen molar-refractivity contribution in [2.24, 2.45) is 11.7 Å². The Morgan fingerprint density at radius 1 is 0.897 bits per heavy atom. The molecule has 0 unspecified atom stereocenters. The highest BCUT2D eigenvalue weighted by Crippen LogP contribution is 2.40. The molecule has 9 rings (SSSR count). The number of carbonyl (C=O) groups is 4. The van der Waals surface area contributed by atoms with Crippen LogP contribution in [0.15, 0.2) is 36.5 Å². The molecule has 362 valence electrons. The van der Waals surface area contributed by atoms with Crippen molar-refractivity contribution in [2.45, 2.75) is 110 Å². The molecule has 0 spiro atoms. The second-order valence-electron chi connectivity index (χ2n) is 20.5. The Balaban J connectivity index is 0.692. The Hall–Kier alpha value is -5.69. The van der Waals surface area contributed by atoms with E-state index in [1.54, 1.807) is 11.0 Å². The number of amides is 5. The molecule has 3 fully saturated rings. The standard InChI is InChI=1S/C50H64N10O7S/c1-29(2)36-20-37(41(62)21-40(36)61)46(65)59-25-33-7-6-31(18-34(33)26-59)24-57-16-14-56(15-17-57)23-30-10-12-58(13-11-30)42(63)28-67-35-19-39(45(51)64)60(27-35)49(66)55-48-53-38-9-8-32-22-52-47(50(3,4)5)54-43(32)44(38)68-48/h6-7,18,20-22,29-30,35,39,61-62H,8-17,19,23-28H2,1-5H3,(H2,51,64)(H,53,55,66)/t35-,39-/m0/s1. The number of aryl methyl sites for hydroxylation is 2. The molecular formula is C50H64N10O7S. The van der Waals surface area contributed by atoms with E-state index in [0.29, 0.717) is 49.2 Å². The Labute approximate surface area is 401 Å². The monoisotopic (exact) mass is 948 g/mol. The zero-order valence-corrected chi connectivity index (χ0v) is 40.6. The van der Waals surface area contributed by atoms with Crippen molar-refractivity contribution in [3.8, 4) is 22.1 Å². The number of aromatic nitrogens is 3. The van der Waals surface area contributed by atoms with E-state index >= 15 is 0 Å². The highest BCUT2D eigenvalue weighted by molar-refractivity contribution is 7.19. The number of phenolic OH excluding ortho intramolecular Hbond substituents is 2. The fourth-order valence-corrected chi connectivity index (χ4v) is 11.2. The second-order valence-corrected chi connectivity index (χ2v) is 21.5. The first-order valence-corrected chi connectivity index (χ1v) is 24.8. The number of likely N-dealkylation sites (tertiary alicyclic amines) is 2. The summed E-state index contributed by atoms with van der Waals surface area (Å²) in [5.41, 5.74) is 12.6. The number of urea groups is 1. The Kier molecular flexibility index (Phi) is 13.5. The fourth-order valence-electron chi connectivity index (χ4n) is 10.2. The van der Waals surface area contributed by atoms with E-state index < -0.39 is 24.1 Å². The van der Waals surface area contributed by atoms with Gasteiger partial charge in [-0.05, 0) is 71.4 Å². The highest BCUT2D eigenvalue weighted by Gasteiger charge is 2.40. The Morgan fingerprint density at radius 3 is 2.35 bits per heavy atom. The zero-order valence-electron chi connectivity index (χ0n) is 39.8. The van der Waals surface area contributed by atoms with Gasteiger partial charge in [0.2, 0.25) is 11.8 Å². The van der Waals surface area contributed by atoms with Crippen LogP contribution in [0.5, 0.6) is 11.5 Å². The van der Waals surface area contributed by atoms with Gasteiger partial charge in [0.15, 0.2) is 5.13 Å². The van der Waals surface area contributed by atoms with E-state index in [4.69, 9.17) is 20.4 Å². The number of thiazole rings is 1. The van der Waals surface area contributed by atoms with Crippen LogP contribution in [0.4, 0.5) is 9.93 Å². The first-order valence-electron chi connectivity index (χ1n) is 24.0. The van der Waals surface area contributed by atoms with Gasteiger partial charge in [0.25, 0.3) is 5.91 Å². The van der Waals surface area contributed by atoms with E-state index in [9.17, 15) is 29.4 Å². The lowest BCUT2D eigenvalue weighted by atomic mass is 9.94. The maximum absolute atomic E-state index is 13.6. The van der Waals surface area contributed by atoms with Crippen molar-refractivity contribution in [3.05, 3.63) is 81.4 Å². The molecule has 5 aliphatic rings. The first-order chi connectivity index (χ1) is 32.5. The summed E-state index contributed by atoms with van der Waals surface area (Å²) >= 11 is 1.36. The van der Waals surface area contributed by atoms with Gasteiger partial charge in [0.1, 0.15) is 30.0 Å². The van der Waals surface area contributed by atoms with Gasteiger partial charge in [-0.1, -0.05) is 64.2 Å². The molecule has 2 aromatic heterocycles. The van der Waals surface area contributed by atoms with Crippen molar-refractivity contribution in [1.82, 2.24) is 39.5 Å². The molecule has 1 aliphatic carbocycles. The first kappa shape index (κ1) is 47.4. The van der Waals surface area contributed by atoms with Crippen LogP contribution < -0.4 is 11.1 Å². The number of nitrogens with zero attached hydrogens (tertiary/aromatic N) is 8. The summed E-state index contributed by atoms with van der Waals surface area (Å²) in [6, 6.07) is 7.99. The van der Waals surface area contributed by atoms with E-state index in [-0.39, 0.29) is 59.8 Å². The number of aromatic hydroxyl groups is 2. The van der Waals surface area contributed by atoms with E-state index in [2.05, 4.69) is 59.1 Å². The molecule has 5 amide bonds. The fraction of sp³-hybridized carbons (Fsp3) is 0.540. The van der Waals surface area contributed by atoms with Crippen molar-refractivity contribution < 1.29 is 34.1 Å². The lowest BCUT2D eigenvalue weighted by Gasteiger charge is -2.39. The third kappa shape index (κ3) is 10.2. The summed E-state index contributed by atoms with van der Waals surface area (Å²) in [5, 5.41) is 24.1. The summed E-state index contributed by atoms with van der Waals surface area (Å²) in [5.74, 6) is 0.0776. The van der Waals surface area contributed by atoms with Crippen molar-refractivity contribution >= 4 is 40.2 Å². The number of piperidine rings is 1. The molecule has 0 radical (unpaired) electrons. The quantitative estimate of drug-likeness (QED) is 0.153. The zero-order chi connectivity index (χ0) is 48.0. The number of anilines is 1. The molecule has 0 saturated carbocycles. The smallest absolute Gasteiger partial charge is 0.324 e. The van der Waals surface area contributed by atoms with Gasteiger partial charge in [0, 0.05) is 96.1 Å². The average Bonchev–Trinajstić information content (AvgIpc) is 4.05. The molecule has 17 nitrogen and oxygen atoms in total. The molecule has 68 heavy (non-hydrogen) atoms. The number of rotatable bonds is 11. The van der Waals surface area contributed by atoms with Gasteiger partial charge in [-0.25, -0.2) is 19.7 Å². The van der Waals surface area contributed by atoms with E-state index in [1.165, 1.54) is 27.9 Å². The van der Waals surface area contributed by atoms with Crippen LogP contribution in [0.25, 0.3) is 10.6 Å². The number of benzene rings is 2. The minimum absolute atomic E-state index is 0.00555. The predicted octanol–water partition coefficient (Wildman–Crippen LogP) is 5.22. The molecule has 2 aromatic carbocycles. The number of hydrogen-bond acceptors (Lipinski definition) is 13. The lowest BCUT2D eigenvalue weighted by molar-refractivity contribution is -0.139. The van der Waals surface area contributed by atoms with Gasteiger partial charge >= 0.3 is 6.03 Å². The number of piperazine rings is 1. The predicted molar refractivity (Wildman–Crippen MR) is 257 cm³/mol. The molecule has 6 heterocycles. The van der Waals surface area contributed by atoms with E-state index in [1.807, 2.05) is 24.9 Å². The van der Waals surface area contributed by atoms with Crippen molar-refractivity contribution in [1.29, 1.82) is 0 Å². The topological polar surface area (TPSA) is 211 Å². The molecule has 18 heteroatoms. The minimum atomic E-state index is -0.872. The van der Waals surface area contributed by atoms with Crippen LogP contribution in [0.2, 0.25) is 0 Å². The molecule has 5 N–H and O–H groups in total. The molecular weight excluding hydrogens is 885 g/mol. The van der Waals surface area contributed by atoms with Crippen LogP contribution in [0, 0.1) is 5.92 Å². The summed E-state index contributed by atoms with van der Waals surface area (Å²) in [4.78, 5) is 78.0. The van der Waals surface area contributed by atoms with Gasteiger partial charge in [-0.15, -0.1) is 0 Å². The molecule has 4 aliphatic heterocycles. The molecule has 2 atom stereocenters. The SMILES string of the molecule is CC(C)c1cc(C(=O)N2Cc3ccc(CN4CCN(CC5CCN(C(=O)CO[C@H]6C[C@@H](C(N)=O)N(C(=O)Nc7nc8c(s7)-c7nc(C(C)(C)C)ncc7CC8)C6)CC5)CC4)cc3C2)c(O)cc1O. The third-order valence-corrected chi connectivity index (χ3v) is 15.2. The third-order valence-electron chi connectivity index (χ3n) is 14.2. The van der Waals surface area contributed by atoms with Gasteiger partial charge in [-0.2, -0.15) is 0 Å². The van der Waals surface area contributed by atoms with E-state index in [0.717, 1.165) is 97.3 Å². The number of nitrogens with two attached hydrogens (primary N) is 1. The maximum Gasteiger partial charge on any atom is 0.324 e. The molecule has 3 saturated heterocycles. The van der Waals surface area contributed by atoms with Crippen LogP contribution in [-0.4, -0.2) is 145 Å². The van der Waals surface area contributed by atoms with Crippen LogP contribution in [0.3, 0.4) is 0 Å². The Bertz CT molecular complexity index is 2580. The van der Waals surface area contributed by atoms with Crippen LogP contribution >= 0.6 is 11.3 Å². The summed E-state index contributed by atoms with van der Waals surface area (Å²) in [6.07, 6.45) is 4.90. The van der Waals surface area contributed by atoms with Crippen LogP contribution in [0.1, 0.15) is 109 Å². The summed E-state index contributed by atoms with van der Waals surface area (Å²) < 4.78 is 6.05. The number of ether oxygens (including phenoxy) is 1. The number of carbonyl (C=O) groups excluding carboxylic acids is 4. The molecule has 4 aromatic rings. The normalized spacial score (nSPS) is 20.1. The number of primary amides is 1. The largest absolute Gasteiger partial charge is 0.508 e. The van der Waals surface area contributed by atoms with Gasteiger partial charge < -0.3 is 40.3 Å². The second kappa shape index (κ2) is 19.4. The number of hydrogen-bond donors (Lipinski definition) is 4. The molecule has 0 bridgehead atoms. The summed E-state index contributed by atoms with van der Waals surface area (Å²) in [7, 11) is 0. The van der Waals surface area contributed by atoms with Gasteiger partial charge in [-0.3, -0.25) is 24.6 Å². The number of nitrogens with one attached hydrogen (secondary N) is 1. The maximum atomic E-state index is 13.6. The van der Waals surface area contributed by atoms with Crippen LogP contribution in [-0.2, 0) is 52.2 Å². The number of phenols is 2. The number of fused-ring (bicyclic) bond motifs is 4. The highest BCUT2D eigenvalue weighted by atomic mass is 32.1.